The summed E-state index contributed by atoms with van der Waals surface area (Å²) in [4.78, 5) is 4.81. The minimum absolute atomic E-state index is 0.176. The molecule has 2 heterocycles. The Morgan fingerprint density at radius 1 is 1.07 bits per heavy atom. The van der Waals surface area contributed by atoms with Gasteiger partial charge in [-0.15, -0.1) is 0 Å². The fourth-order valence-electron chi connectivity index (χ4n) is 3.06. The van der Waals surface area contributed by atoms with Gasteiger partial charge in [-0.2, -0.15) is 0 Å². The van der Waals surface area contributed by atoms with Crippen LogP contribution in [0.1, 0.15) is 12.5 Å². The SMILES string of the molecule is CCOc1ccc(S(=O)(=O)Nc2cccc(-c3cn4ccc(C)cc4n3)c2)cc1. The van der Waals surface area contributed by atoms with Crippen LogP contribution in [0.15, 0.2) is 78.0 Å². The number of anilines is 1. The zero-order chi connectivity index (χ0) is 20.4. The standard InChI is InChI=1S/C22H21N3O3S/c1-3-28-19-7-9-20(10-8-19)29(26,27)24-18-6-4-5-17(14-18)21-15-25-12-11-16(2)13-22(25)23-21/h4-15,24H,3H2,1-2H3. The number of benzene rings is 2. The molecule has 0 saturated heterocycles. The first-order valence-corrected chi connectivity index (χ1v) is 10.7. The summed E-state index contributed by atoms with van der Waals surface area (Å²) in [6.07, 6.45) is 3.88. The Kier molecular flexibility index (Phi) is 4.98. The van der Waals surface area contributed by atoms with E-state index in [0.717, 1.165) is 22.5 Å². The number of sulfonamides is 1. The Bertz CT molecular complexity index is 1260. The smallest absolute Gasteiger partial charge is 0.261 e. The minimum Gasteiger partial charge on any atom is -0.494 e. The molecule has 4 rings (SSSR count). The Hall–Kier alpha value is -3.32. The molecule has 2 aromatic heterocycles. The Labute approximate surface area is 169 Å². The molecule has 0 aliphatic carbocycles. The molecule has 7 heteroatoms. The van der Waals surface area contributed by atoms with Crippen molar-refractivity contribution in [1.29, 1.82) is 0 Å². The average Bonchev–Trinajstić information content (AvgIpc) is 3.12. The molecule has 148 valence electrons. The second kappa shape index (κ2) is 7.60. The van der Waals surface area contributed by atoms with E-state index in [2.05, 4.69) is 9.71 Å². The maximum absolute atomic E-state index is 12.7. The lowest BCUT2D eigenvalue weighted by molar-refractivity contribution is 0.340. The zero-order valence-corrected chi connectivity index (χ0v) is 17.0. The molecule has 0 atom stereocenters. The van der Waals surface area contributed by atoms with E-state index in [1.54, 1.807) is 30.3 Å². The van der Waals surface area contributed by atoms with Gasteiger partial charge >= 0.3 is 0 Å². The largest absolute Gasteiger partial charge is 0.494 e. The molecule has 6 nitrogen and oxygen atoms in total. The first-order chi connectivity index (χ1) is 13.9. The number of hydrogen-bond acceptors (Lipinski definition) is 4. The van der Waals surface area contributed by atoms with Crippen molar-refractivity contribution in [2.75, 3.05) is 11.3 Å². The molecule has 0 radical (unpaired) electrons. The van der Waals surface area contributed by atoms with Gasteiger partial charge in [-0.05, 0) is 67.9 Å². The van der Waals surface area contributed by atoms with E-state index in [-0.39, 0.29) is 4.90 Å². The van der Waals surface area contributed by atoms with Crippen LogP contribution in [0, 0.1) is 6.92 Å². The van der Waals surface area contributed by atoms with Crippen LogP contribution >= 0.6 is 0 Å². The normalized spacial score (nSPS) is 11.5. The third-order valence-electron chi connectivity index (χ3n) is 4.47. The van der Waals surface area contributed by atoms with Crippen molar-refractivity contribution in [3.8, 4) is 17.0 Å². The van der Waals surface area contributed by atoms with Gasteiger partial charge in [-0.1, -0.05) is 12.1 Å². The van der Waals surface area contributed by atoms with E-state index in [0.29, 0.717) is 18.0 Å². The highest BCUT2D eigenvalue weighted by Gasteiger charge is 2.15. The minimum atomic E-state index is -3.71. The molecule has 0 spiro atoms. The van der Waals surface area contributed by atoms with Crippen molar-refractivity contribution in [1.82, 2.24) is 9.38 Å². The number of aromatic nitrogens is 2. The van der Waals surface area contributed by atoms with E-state index in [9.17, 15) is 8.42 Å². The monoisotopic (exact) mass is 407 g/mol. The zero-order valence-electron chi connectivity index (χ0n) is 16.2. The predicted octanol–water partition coefficient (Wildman–Crippen LogP) is 4.51. The quantitative estimate of drug-likeness (QED) is 0.510. The summed E-state index contributed by atoms with van der Waals surface area (Å²) in [5.41, 5.74) is 4.06. The summed E-state index contributed by atoms with van der Waals surface area (Å²) in [6, 6.07) is 17.6. The first kappa shape index (κ1) is 19.0. The van der Waals surface area contributed by atoms with Crippen LogP contribution in [0.4, 0.5) is 5.69 Å². The van der Waals surface area contributed by atoms with Gasteiger partial charge in [0.25, 0.3) is 10.0 Å². The van der Waals surface area contributed by atoms with Crippen molar-refractivity contribution in [3.05, 3.63) is 78.6 Å². The third kappa shape index (κ3) is 4.09. The maximum Gasteiger partial charge on any atom is 0.261 e. The van der Waals surface area contributed by atoms with Crippen molar-refractivity contribution >= 4 is 21.4 Å². The Morgan fingerprint density at radius 2 is 1.86 bits per heavy atom. The van der Waals surface area contributed by atoms with Crippen LogP contribution in [0.3, 0.4) is 0 Å². The van der Waals surface area contributed by atoms with Gasteiger partial charge in [0.15, 0.2) is 0 Å². The van der Waals surface area contributed by atoms with Crippen LogP contribution in [-0.2, 0) is 10.0 Å². The summed E-state index contributed by atoms with van der Waals surface area (Å²) in [5.74, 6) is 0.635. The fraction of sp³-hybridized carbons (Fsp3) is 0.136. The Balaban J connectivity index is 1.60. The number of imidazole rings is 1. The summed E-state index contributed by atoms with van der Waals surface area (Å²) in [5, 5.41) is 0. The number of nitrogens with zero attached hydrogens (tertiary/aromatic N) is 2. The van der Waals surface area contributed by atoms with Gasteiger partial charge < -0.3 is 9.14 Å². The highest BCUT2D eigenvalue weighted by molar-refractivity contribution is 7.92. The molecule has 0 fully saturated rings. The van der Waals surface area contributed by atoms with Gasteiger partial charge in [0, 0.05) is 23.6 Å². The van der Waals surface area contributed by atoms with Crippen molar-refractivity contribution in [2.24, 2.45) is 0 Å². The number of rotatable bonds is 6. The maximum atomic E-state index is 12.7. The lowest BCUT2D eigenvalue weighted by Crippen LogP contribution is -2.12. The average molecular weight is 407 g/mol. The molecule has 0 aliphatic rings. The van der Waals surface area contributed by atoms with E-state index in [4.69, 9.17) is 4.74 Å². The van der Waals surface area contributed by atoms with Gasteiger partial charge in [0.05, 0.1) is 17.2 Å². The lowest BCUT2D eigenvalue weighted by Gasteiger charge is -2.10. The highest BCUT2D eigenvalue weighted by atomic mass is 32.2. The summed E-state index contributed by atoms with van der Waals surface area (Å²) < 4.78 is 35.4. The molecule has 0 amide bonds. The molecule has 2 aromatic carbocycles. The van der Waals surface area contributed by atoms with Crippen LogP contribution in [0.2, 0.25) is 0 Å². The second-order valence-corrected chi connectivity index (χ2v) is 8.37. The summed E-state index contributed by atoms with van der Waals surface area (Å²) in [7, 11) is -3.71. The lowest BCUT2D eigenvalue weighted by atomic mass is 10.1. The van der Waals surface area contributed by atoms with E-state index in [1.165, 1.54) is 12.1 Å². The molecule has 0 aliphatic heterocycles. The van der Waals surface area contributed by atoms with Crippen LogP contribution in [0.25, 0.3) is 16.9 Å². The number of hydrogen-bond donors (Lipinski definition) is 1. The van der Waals surface area contributed by atoms with Gasteiger partial charge in [-0.3, -0.25) is 4.72 Å². The molecule has 1 N–H and O–H groups in total. The number of pyridine rings is 1. The molecular formula is C22H21N3O3S. The number of nitrogens with one attached hydrogen (secondary N) is 1. The summed E-state index contributed by atoms with van der Waals surface area (Å²) >= 11 is 0. The molecule has 0 bridgehead atoms. The number of ether oxygens (including phenoxy) is 1. The number of aryl methyl sites for hydroxylation is 1. The third-order valence-corrected chi connectivity index (χ3v) is 5.87. The van der Waals surface area contributed by atoms with Crippen molar-refractivity contribution in [3.63, 3.8) is 0 Å². The van der Waals surface area contributed by atoms with Gasteiger partial charge in [0.2, 0.25) is 0 Å². The first-order valence-electron chi connectivity index (χ1n) is 9.26. The van der Waals surface area contributed by atoms with Crippen LogP contribution in [-0.4, -0.2) is 24.4 Å². The molecule has 0 saturated carbocycles. The molecule has 29 heavy (non-hydrogen) atoms. The number of fused-ring (bicyclic) bond motifs is 1. The van der Waals surface area contributed by atoms with Crippen LogP contribution < -0.4 is 9.46 Å². The Morgan fingerprint density at radius 3 is 2.62 bits per heavy atom. The highest BCUT2D eigenvalue weighted by Crippen LogP contribution is 2.25. The van der Waals surface area contributed by atoms with Gasteiger partial charge in [-0.25, -0.2) is 13.4 Å². The molecule has 0 unspecified atom stereocenters. The fourth-order valence-corrected chi connectivity index (χ4v) is 4.11. The molecule has 4 aromatic rings. The van der Waals surface area contributed by atoms with Crippen molar-refractivity contribution < 1.29 is 13.2 Å². The van der Waals surface area contributed by atoms with E-state index >= 15 is 0 Å². The van der Waals surface area contributed by atoms with Gasteiger partial charge in [0.1, 0.15) is 11.4 Å². The van der Waals surface area contributed by atoms with Crippen LogP contribution in [0.5, 0.6) is 5.75 Å². The predicted molar refractivity (Wildman–Crippen MR) is 114 cm³/mol. The topological polar surface area (TPSA) is 72.7 Å². The van der Waals surface area contributed by atoms with E-state index in [1.807, 2.05) is 48.8 Å². The summed E-state index contributed by atoms with van der Waals surface area (Å²) in [6.45, 7) is 4.42. The second-order valence-electron chi connectivity index (χ2n) is 6.69. The van der Waals surface area contributed by atoms with Crippen molar-refractivity contribution in [2.45, 2.75) is 18.7 Å². The van der Waals surface area contributed by atoms with E-state index < -0.39 is 10.0 Å². The molecular weight excluding hydrogens is 386 g/mol.